The summed E-state index contributed by atoms with van der Waals surface area (Å²) >= 11 is 0. The molecule has 2 rings (SSSR count). The molecule has 1 saturated heterocycles. The molecule has 0 aromatic rings. The molecule has 0 aromatic carbocycles. The molecule has 0 aromatic heterocycles. The second kappa shape index (κ2) is 5.10. The second-order valence-electron chi connectivity index (χ2n) is 6.12. The van der Waals surface area contributed by atoms with Crippen LogP contribution < -0.4 is 5.73 Å². The van der Waals surface area contributed by atoms with E-state index < -0.39 is 9.84 Å². The average molecular weight is 274 g/mol. The largest absolute Gasteiger partial charge is 0.329 e. The fourth-order valence-electron chi connectivity index (χ4n) is 3.81. The average Bonchev–Trinajstić information content (AvgIpc) is 2.70. The topological polar surface area (TPSA) is 63.4 Å². The van der Waals surface area contributed by atoms with Gasteiger partial charge in [0.1, 0.15) is 0 Å². The van der Waals surface area contributed by atoms with Crippen LogP contribution in [0.4, 0.5) is 0 Å². The third-order valence-corrected chi connectivity index (χ3v) is 6.98. The van der Waals surface area contributed by atoms with E-state index in [4.69, 9.17) is 5.73 Å². The van der Waals surface area contributed by atoms with E-state index in [9.17, 15) is 8.42 Å². The third kappa shape index (κ3) is 2.45. The van der Waals surface area contributed by atoms with Crippen molar-refractivity contribution in [3.05, 3.63) is 0 Å². The van der Waals surface area contributed by atoms with E-state index in [1.54, 1.807) is 0 Å². The minimum atomic E-state index is -2.81. The first-order valence-corrected chi connectivity index (χ1v) is 8.87. The summed E-state index contributed by atoms with van der Waals surface area (Å²) in [5.41, 5.74) is 6.09. The lowest BCUT2D eigenvalue weighted by molar-refractivity contribution is 0.00927. The van der Waals surface area contributed by atoms with Gasteiger partial charge in [0.2, 0.25) is 0 Å². The zero-order chi connectivity index (χ0) is 13.4. The predicted molar refractivity (Wildman–Crippen MR) is 74.2 cm³/mol. The first kappa shape index (κ1) is 14.3. The number of nitrogens with two attached hydrogens (primary N) is 1. The van der Waals surface area contributed by atoms with Gasteiger partial charge in [0.05, 0.1) is 11.5 Å². The highest BCUT2D eigenvalue weighted by Crippen LogP contribution is 2.39. The number of rotatable bonds is 3. The normalized spacial score (nSPS) is 40.2. The molecule has 1 aliphatic heterocycles. The lowest BCUT2D eigenvalue weighted by Crippen LogP contribution is -2.61. The summed E-state index contributed by atoms with van der Waals surface area (Å²) in [4.78, 5) is 2.31. The molecule has 3 atom stereocenters. The molecule has 106 valence electrons. The fraction of sp³-hybridized carbons (Fsp3) is 1.00. The molecule has 0 amide bonds. The van der Waals surface area contributed by atoms with Crippen molar-refractivity contribution in [1.82, 2.24) is 4.90 Å². The maximum atomic E-state index is 11.6. The highest BCUT2D eigenvalue weighted by Gasteiger charge is 2.45. The van der Waals surface area contributed by atoms with Gasteiger partial charge in [-0.1, -0.05) is 19.8 Å². The minimum absolute atomic E-state index is 0.0166. The van der Waals surface area contributed by atoms with Crippen LogP contribution in [-0.4, -0.2) is 50.0 Å². The molecule has 3 unspecified atom stereocenters. The quantitative estimate of drug-likeness (QED) is 0.834. The van der Waals surface area contributed by atoms with Crippen LogP contribution in [0, 0.1) is 5.92 Å². The fourth-order valence-corrected chi connectivity index (χ4v) is 5.59. The molecule has 0 spiro atoms. The molecule has 2 fully saturated rings. The van der Waals surface area contributed by atoms with Crippen molar-refractivity contribution >= 4 is 9.84 Å². The number of nitrogens with zero attached hydrogens (tertiary/aromatic N) is 1. The van der Waals surface area contributed by atoms with E-state index in [2.05, 4.69) is 18.9 Å². The standard InChI is InChI=1S/C13H26N2O2S/c1-11-5-3-4-7-13(11,10-14)15(2)12-6-8-18(16,17)9-12/h11-12H,3-10,14H2,1-2H3. The summed E-state index contributed by atoms with van der Waals surface area (Å²) in [6.45, 7) is 2.91. The Labute approximate surface area is 111 Å². The Morgan fingerprint density at radius 3 is 2.56 bits per heavy atom. The van der Waals surface area contributed by atoms with Gasteiger partial charge in [-0.3, -0.25) is 4.90 Å². The van der Waals surface area contributed by atoms with Crippen LogP contribution in [0.3, 0.4) is 0 Å². The van der Waals surface area contributed by atoms with Crippen LogP contribution in [0.25, 0.3) is 0 Å². The van der Waals surface area contributed by atoms with Crippen LogP contribution >= 0.6 is 0 Å². The lowest BCUT2D eigenvalue weighted by atomic mass is 9.72. The summed E-state index contributed by atoms with van der Waals surface area (Å²) in [7, 11) is -0.731. The first-order chi connectivity index (χ1) is 8.41. The maximum absolute atomic E-state index is 11.6. The zero-order valence-electron chi connectivity index (χ0n) is 11.6. The molecule has 1 aliphatic carbocycles. The van der Waals surface area contributed by atoms with Gasteiger partial charge in [-0.15, -0.1) is 0 Å². The maximum Gasteiger partial charge on any atom is 0.151 e. The molecule has 1 saturated carbocycles. The van der Waals surface area contributed by atoms with Crippen LogP contribution in [0.15, 0.2) is 0 Å². The van der Waals surface area contributed by atoms with Crippen LogP contribution in [0.2, 0.25) is 0 Å². The molecule has 18 heavy (non-hydrogen) atoms. The monoisotopic (exact) mass is 274 g/mol. The molecular weight excluding hydrogens is 248 g/mol. The van der Waals surface area contributed by atoms with Crippen molar-refractivity contribution in [3.8, 4) is 0 Å². The van der Waals surface area contributed by atoms with Crippen molar-refractivity contribution in [2.24, 2.45) is 11.7 Å². The van der Waals surface area contributed by atoms with Gasteiger partial charge in [0, 0.05) is 18.1 Å². The summed E-state index contributed by atoms with van der Waals surface area (Å²) in [6, 6.07) is 0.166. The van der Waals surface area contributed by atoms with Crippen molar-refractivity contribution in [3.63, 3.8) is 0 Å². The number of likely N-dealkylation sites (N-methyl/N-ethyl adjacent to an activating group) is 1. The highest BCUT2D eigenvalue weighted by molar-refractivity contribution is 7.91. The van der Waals surface area contributed by atoms with E-state index >= 15 is 0 Å². The summed E-state index contributed by atoms with van der Waals surface area (Å²) in [5.74, 6) is 1.22. The number of sulfone groups is 1. The Balaban J connectivity index is 2.17. The van der Waals surface area contributed by atoms with E-state index in [1.807, 2.05) is 0 Å². The lowest BCUT2D eigenvalue weighted by Gasteiger charge is -2.50. The van der Waals surface area contributed by atoms with Crippen molar-refractivity contribution in [2.45, 2.75) is 50.6 Å². The molecule has 0 radical (unpaired) electrons. The predicted octanol–water partition coefficient (Wildman–Crippen LogP) is 1.01. The highest BCUT2D eigenvalue weighted by atomic mass is 32.2. The van der Waals surface area contributed by atoms with Gasteiger partial charge < -0.3 is 5.73 Å². The van der Waals surface area contributed by atoms with Gasteiger partial charge in [0.25, 0.3) is 0 Å². The minimum Gasteiger partial charge on any atom is -0.329 e. The van der Waals surface area contributed by atoms with Crippen LogP contribution in [0.5, 0.6) is 0 Å². The van der Waals surface area contributed by atoms with E-state index in [-0.39, 0.29) is 11.6 Å². The van der Waals surface area contributed by atoms with Gasteiger partial charge in [-0.05, 0) is 32.2 Å². The van der Waals surface area contributed by atoms with Crippen molar-refractivity contribution < 1.29 is 8.42 Å². The van der Waals surface area contributed by atoms with Crippen LogP contribution in [0.1, 0.15) is 39.0 Å². The summed E-state index contributed by atoms with van der Waals surface area (Å²) < 4.78 is 23.3. The number of hydrogen-bond donors (Lipinski definition) is 1. The summed E-state index contributed by atoms with van der Waals surface area (Å²) in [6.07, 6.45) is 5.58. The number of hydrogen-bond acceptors (Lipinski definition) is 4. The molecular formula is C13H26N2O2S. The molecule has 5 heteroatoms. The van der Waals surface area contributed by atoms with E-state index in [0.29, 0.717) is 24.0 Å². The molecule has 2 N–H and O–H groups in total. The molecule has 4 nitrogen and oxygen atoms in total. The van der Waals surface area contributed by atoms with E-state index in [0.717, 1.165) is 12.8 Å². The van der Waals surface area contributed by atoms with Gasteiger partial charge >= 0.3 is 0 Å². The zero-order valence-corrected chi connectivity index (χ0v) is 12.4. The second-order valence-corrected chi connectivity index (χ2v) is 8.35. The first-order valence-electron chi connectivity index (χ1n) is 7.05. The summed E-state index contributed by atoms with van der Waals surface area (Å²) in [5, 5.41) is 0. The Kier molecular flexibility index (Phi) is 4.04. The van der Waals surface area contributed by atoms with E-state index in [1.165, 1.54) is 19.3 Å². The molecule has 1 heterocycles. The smallest absolute Gasteiger partial charge is 0.151 e. The molecule has 0 bridgehead atoms. The Hall–Kier alpha value is -0.130. The van der Waals surface area contributed by atoms with Crippen molar-refractivity contribution in [2.75, 3.05) is 25.1 Å². The van der Waals surface area contributed by atoms with Crippen LogP contribution in [-0.2, 0) is 9.84 Å². The van der Waals surface area contributed by atoms with Gasteiger partial charge in [0.15, 0.2) is 9.84 Å². The Morgan fingerprint density at radius 1 is 1.33 bits per heavy atom. The molecule has 2 aliphatic rings. The van der Waals surface area contributed by atoms with Gasteiger partial charge in [-0.2, -0.15) is 0 Å². The Bertz CT molecular complexity index is 396. The third-order valence-electron chi connectivity index (χ3n) is 5.23. The SMILES string of the molecule is CC1CCCCC1(CN)N(C)C1CCS(=O)(=O)C1. The van der Waals surface area contributed by atoms with Gasteiger partial charge in [-0.25, -0.2) is 8.42 Å². The van der Waals surface area contributed by atoms with Crippen molar-refractivity contribution in [1.29, 1.82) is 0 Å². The Morgan fingerprint density at radius 2 is 2.06 bits per heavy atom.